The van der Waals surface area contributed by atoms with Crippen LogP contribution in [0.3, 0.4) is 0 Å². The van der Waals surface area contributed by atoms with E-state index in [0.717, 1.165) is 11.5 Å². The van der Waals surface area contributed by atoms with Gasteiger partial charge in [0.05, 0.1) is 13.2 Å². The van der Waals surface area contributed by atoms with Crippen LogP contribution in [-0.2, 0) is 0 Å². The highest BCUT2D eigenvalue weighted by atomic mass is 16.5. The van der Waals surface area contributed by atoms with E-state index in [0.29, 0.717) is 0 Å². The van der Waals surface area contributed by atoms with Crippen LogP contribution in [0.1, 0.15) is 13.8 Å². The normalized spacial score (nSPS) is 14.6. The summed E-state index contributed by atoms with van der Waals surface area (Å²) in [5.41, 5.74) is 0. The molecule has 0 radical (unpaired) electrons. The van der Waals surface area contributed by atoms with Gasteiger partial charge in [0, 0.05) is 0 Å². The molecule has 1 aromatic carbocycles. The van der Waals surface area contributed by atoms with E-state index in [-0.39, 0.29) is 6.10 Å². The topological polar surface area (TPSA) is 38.7 Å². The number of aliphatic hydroxyl groups is 1. The van der Waals surface area contributed by atoms with Crippen molar-refractivity contribution in [3.8, 4) is 11.5 Å². The first-order valence-electron chi connectivity index (χ1n) is 4.62. The lowest BCUT2D eigenvalue weighted by Crippen LogP contribution is -2.25. The van der Waals surface area contributed by atoms with Crippen molar-refractivity contribution in [3.05, 3.63) is 24.3 Å². The summed E-state index contributed by atoms with van der Waals surface area (Å²) in [7, 11) is 1.62. The van der Waals surface area contributed by atoms with Crippen LogP contribution in [0.5, 0.6) is 11.5 Å². The molecule has 0 aromatic heterocycles. The molecule has 0 aliphatic carbocycles. The zero-order valence-electron chi connectivity index (χ0n) is 8.73. The second-order valence-electron chi connectivity index (χ2n) is 3.24. The van der Waals surface area contributed by atoms with Crippen LogP contribution >= 0.6 is 0 Å². The van der Waals surface area contributed by atoms with Gasteiger partial charge in [-0.3, -0.25) is 0 Å². The lowest BCUT2D eigenvalue weighted by atomic mass is 10.2. The third kappa shape index (κ3) is 2.92. The molecule has 0 bridgehead atoms. The summed E-state index contributed by atoms with van der Waals surface area (Å²) in [6.45, 7) is 3.53. The first-order valence-corrected chi connectivity index (χ1v) is 4.62. The van der Waals surface area contributed by atoms with Crippen molar-refractivity contribution in [1.82, 2.24) is 0 Å². The maximum Gasteiger partial charge on any atom is 0.121 e. The molecule has 2 atom stereocenters. The quantitative estimate of drug-likeness (QED) is 0.798. The van der Waals surface area contributed by atoms with Crippen molar-refractivity contribution in [3.63, 3.8) is 0 Å². The molecule has 0 heterocycles. The van der Waals surface area contributed by atoms with Gasteiger partial charge < -0.3 is 14.6 Å². The first kappa shape index (κ1) is 10.9. The number of ether oxygens (including phenoxy) is 2. The molecule has 1 aromatic rings. The molecule has 14 heavy (non-hydrogen) atoms. The molecule has 0 saturated carbocycles. The maximum atomic E-state index is 9.23. The van der Waals surface area contributed by atoms with E-state index in [4.69, 9.17) is 9.47 Å². The fraction of sp³-hybridized carbons (Fsp3) is 0.455. The van der Waals surface area contributed by atoms with Gasteiger partial charge in [0.2, 0.25) is 0 Å². The third-order valence-corrected chi connectivity index (χ3v) is 2.06. The molecule has 3 heteroatoms. The minimum absolute atomic E-state index is 0.205. The van der Waals surface area contributed by atoms with Crippen LogP contribution in [0.4, 0.5) is 0 Å². The predicted octanol–water partition coefficient (Wildman–Crippen LogP) is 1.84. The molecule has 3 nitrogen and oxygen atoms in total. The SMILES string of the molecule is COc1ccc(OC(C)[C@@H](C)O)cc1. The molecular formula is C11H16O3. The highest BCUT2D eigenvalue weighted by Crippen LogP contribution is 2.18. The maximum absolute atomic E-state index is 9.23. The molecule has 0 spiro atoms. The minimum Gasteiger partial charge on any atom is -0.497 e. The largest absolute Gasteiger partial charge is 0.497 e. The van der Waals surface area contributed by atoms with Crippen LogP contribution in [0.25, 0.3) is 0 Å². The van der Waals surface area contributed by atoms with E-state index in [9.17, 15) is 5.11 Å². The lowest BCUT2D eigenvalue weighted by Gasteiger charge is -2.17. The van der Waals surface area contributed by atoms with Crippen LogP contribution in [0.15, 0.2) is 24.3 Å². The molecule has 0 aliphatic heterocycles. The summed E-state index contributed by atoms with van der Waals surface area (Å²) in [6, 6.07) is 7.28. The van der Waals surface area contributed by atoms with Crippen LogP contribution in [0, 0.1) is 0 Å². The highest BCUT2D eigenvalue weighted by Gasteiger charge is 2.09. The molecule has 1 unspecified atom stereocenters. The Bertz CT molecular complexity index is 266. The second-order valence-corrected chi connectivity index (χ2v) is 3.24. The average Bonchev–Trinajstić information content (AvgIpc) is 2.19. The smallest absolute Gasteiger partial charge is 0.121 e. The Kier molecular flexibility index (Phi) is 3.77. The molecule has 0 aliphatic rings. The Hall–Kier alpha value is -1.22. The molecule has 0 amide bonds. The Morgan fingerprint density at radius 3 is 2.00 bits per heavy atom. The van der Waals surface area contributed by atoms with Gasteiger partial charge in [0.1, 0.15) is 17.6 Å². The second kappa shape index (κ2) is 4.86. The Morgan fingerprint density at radius 1 is 1.07 bits per heavy atom. The van der Waals surface area contributed by atoms with E-state index in [1.807, 2.05) is 31.2 Å². The lowest BCUT2D eigenvalue weighted by molar-refractivity contribution is 0.0604. The number of benzene rings is 1. The van der Waals surface area contributed by atoms with Crippen molar-refractivity contribution in [2.24, 2.45) is 0 Å². The molecule has 0 fully saturated rings. The third-order valence-electron chi connectivity index (χ3n) is 2.06. The van der Waals surface area contributed by atoms with E-state index in [1.54, 1.807) is 14.0 Å². The standard InChI is InChI=1S/C11H16O3/c1-8(12)9(2)14-11-6-4-10(13-3)5-7-11/h4-9,12H,1-3H3/t8-,9?/m1/s1. The summed E-state index contributed by atoms with van der Waals surface area (Å²) in [5.74, 6) is 1.53. The van der Waals surface area contributed by atoms with Crippen LogP contribution in [0.2, 0.25) is 0 Å². The van der Waals surface area contributed by atoms with Crippen molar-refractivity contribution in [1.29, 1.82) is 0 Å². The van der Waals surface area contributed by atoms with Gasteiger partial charge in [0.15, 0.2) is 0 Å². The zero-order chi connectivity index (χ0) is 10.6. The number of hydrogen-bond donors (Lipinski definition) is 1. The van der Waals surface area contributed by atoms with E-state index >= 15 is 0 Å². The van der Waals surface area contributed by atoms with Gasteiger partial charge in [-0.1, -0.05) is 0 Å². The summed E-state index contributed by atoms with van der Waals surface area (Å²) < 4.78 is 10.5. The number of aliphatic hydroxyl groups excluding tert-OH is 1. The van der Waals surface area contributed by atoms with E-state index in [1.165, 1.54) is 0 Å². The summed E-state index contributed by atoms with van der Waals surface area (Å²) >= 11 is 0. The number of rotatable bonds is 4. The molecular weight excluding hydrogens is 180 g/mol. The Balaban J connectivity index is 2.59. The number of hydrogen-bond acceptors (Lipinski definition) is 3. The zero-order valence-corrected chi connectivity index (χ0v) is 8.73. The van der Waals surface area contributed by atoms with Crippen molar-refractivity contribution >= 4 is 0 Å². The summed E-state index contributed by atoms with van der Waals surface area (Å²) in [6.07, 6.45) is -0.680. The van der Waals surface area contributed by atoms with E-state index < -0.39 is 6.10 Å². The van der Waals surface area contributed by atoms with Gasteiger partial charge in [0.25, 0.3) is 0 Å². The summed E-state index contributed by atoms with van der Waals surface area (Å²) in [5, 5.41) is 9.23. The Labute approximate surface area is 84.3 Å². The Morgan fingerprint density at radius 2 is 1.57 bits per heavy atom. The summed E-state index contributed by atoms with van der Waals surface area (Å²) in [4.78, 5) is 0. The van der Waals surface area contributed by atoms with Crippen molar-refractivity contribution < 1.29 is 14.6 Å². The molecule has 0 saturated heterocycles. The molecule has 78 valence electrons. The molecule has 1 N–H and O–H groups in total. The highest BCUT2D eigenvalue weighted by molar-refractivity contribution is 5.31. The van der Waals surface area contributed by atoms with E-state index in [2.05, 4.69) is 0 Å². The van der Waals surface area contributed by atoms with Gasteiger partial charge in [-0.15, -0.1) is 0 Å². The van der Waals surface area contributed by atoms with Crippen molar-refractivity contribution in [2.45, 2.75) is 26.1 Å². The van der Waals surface area contributed by atoms with Crippen LogP contribution < -0.4 is 9.47 Å². The van der Waals surface area contributed by atoms with Gasteiger partial charge >= 0.3 is 0 Å². The van der Waals surface area contributed by atoms with Gasteiger partial charge in [-0.2, -0.15) is 0 Å². The van der Waals surface area contributed by atoms with Gasteiger partial charge in [-0.25, -0.2) is 0 Å². The number of methoxy groups -OCH3 is 1. The fourth-order valence-corrected chi connectivity index (χ4v) is 0.967. The van der Waals surface area contributed by atoms with Gasteiger partial charge in [-0.05, 0) is 38.1 Å². The monoisotopic (exact) mass is 196 g/mol. The fourth-order valence-electron chi connectivity index (χ4n) is 0.967. The molecule has 1 rings (SSSR count). The van der Waals surface area contributed by atoms with Crippen molar-refractivity contribution in [2.75, 3.05) is 7.11 Å². The average molecular weight is 196 g/mol. The minimum atomic E-state index is -0.475. The predicted molar refractivity (Wildman–Crippen MR) is 54.8 cm³/mol. The first-order chi connectivity index (χ1) is 6.63. The van der Waals surface area contributed by atoms with Crippen LogP contribution in [-0.4, -0.2) is 24.4 Å².